The lowest BCUT2D eigenvalue weighted by Gasteiger charge is -2.30. The Labute approximate surface area is 117 Å². The third-order valence-corrected chi connectivity index (χ3v) is 4.26. The van der Waals surface area contributed by atoms with Crippen LogP contribution < -0.4 is 5.32 Å². The maximum atomic E-state index is 12.4. The summed E-state index contributed by atoms with van der Waals surface area (Å²) >= 11 is 0. The van der Waals surface area contributed by atoms with Crippen molar-refractivity contribution in [1.29, 1.82) is 0 Å². The molecule has 2 heterocycles. The molecule has 1 aromatic rings. The molecule has 0 radical (unpaired) electrons. The Kier molecular flexibility index (Phi) is 3.12. The summed E-state index contributed by atoms with van der Waals surface area (Å²) in [4.78, 5) is 24.1. The molecule has 5 nitrogen and oxygen atoms in total. The summed E-state index contributed by atoms with van der Waals surface area (Å²) in [6.07, 6.45) is 2.86. The zero-order chi connectivity index (χ0) is 14.3. The molecule has 2 aliphatic rings. The Morgan fingerprint density at radius 2 is 2.30 bits per heavy atom. The highest BCUT2D eigenvalue weighted by molar-refractivity contribution is 5.94. The van der Waals surface area contributed by atoms with Gasteiger partial charge in [0.05, 0.1) is 19.3 Å². The van der Waals surface area contributed by atoms with Crippen LogP contribution in [0, 0.1) is 5.92 Å². The predicted molar refractivity (Wildman–Crippen MR) is 70.8 cm³/mol. The molecule has 0 amide bonds. The molecule has 3 rings (SSSR count). The van der Waals surface area contributed by atoms with E-state index in [0.717, 1.165) is 17.8 Å². The van der Waals surface area contributed by atoms with Crippen molar-refractivity contribution in [3.8, 4) is 0 Å². The van der Waals surface area contributed by atoms with Gasteiger partial charge in [0.15, 0.2) is 0 Å². The summed E-state index contributed by atoms with van der Waals surface area (Å²) in [7, 11) is 1.35. The van der Waals surface area contributed by atoms with E-state index < -0.39 is 5.97 Å². The quantitative estimate of drug-likeness (QED) is 0.833. The minimum absolute atomic E-state index is 0.0413. The first-order valence-electron chi connectivity index (χ1n) is 6.73. The monoisotopic (exact) mass is 275 g/mol. The van der Waals surface area contributed by atoms with E-state index in [2.05, 4.69) is 5.32 Å². The van der Waals surface area contributed by atoms with E-state index in [4.69, 9.17) is 9.15 Å². The van der Waals surface area contributed by atoms with E-state index in [9.17, 15) is 9.59 Å². The average Bonchev–Trinajstić information content (AvgIpc) is 3.06. The lowest BCUT2D eigenvalue weighted by atomic mass is 9.75. The Morgan fingerprint density at radius 1 is 1.50 bits per heavy atom. The molecule has 1 aliphatic carbocycles. The summed E-state index contributed by atoms with van der Waals surface area (Å²) in [5, 5.41) is 3.16. The zero-order valence-electron chi connectivity index (χ0n) is 11.5. The molecule has 0 saturated heterocycles. The van der Waals surface area contributed by atoms with Crippen LogP contribution in [0.2, 0.25) is 0 Å². The smallest absolute Gasteiger partial charge is 0.354 e. The van der Waals surface area contributed by atoms with Gasteiger partial charge in [0.1, 0.15) is 17.2 Å². The van der Waals surface area contributed by atoms with Crippen LogP contribution in [0.15, 0.2) is 34.1 Å². The number of fused-ring (bicyclic) bond motifs is 1. The number of hydrogen-bond acceptors (Lipinski definition) is 5. The van der Waals surface area contributed by atoms with Crippen LogP contribution in [0.4, 0.5) is 0 Å². The molecule has 5 heteroatoms. The van der Waals surface area contributed by atoms with Crippen LogP contribution in [0.3, 0.4) is 0 Å². The number of esters is 1. The second kappa shape index (κ2) is 4.81. The van der Waals surface area contributed by atoms with Crippen LogP contribution in [-0.4, -0.2) is 24.9 Å². The minimum atomic E-state index is -0.403. The molecule has 20 heavy (non-hydrogen) atoms. The fourth-order valence-corrected chi connectivity index (χ4v) is 3.32. The lowest BCUT2D eigenvalue weighted by Crippen LogP contribution is -2.40. The summed E-state index contributed by atoms with van der Waals surface area (Å²) < 4.78 is 10.2. The maximum absolute atomic E-state index is 12.4. The predicted octanol–water partition coefficient (Wildman–Crippen LogP) is 1.76. The van der Waals surface area contributed by atoms with Gasteiger partial charge in [-0.05, 0) is 31.1 Å². The summed E-state index contributed by atoms with van der Waals surface area (Å²) in [5.74, 6) is 0.458. The van der Waals surface area contributed by atoms with Crippen molar-refractivity contribution in [1.82, 2.24) is 5.32 Å². The molecule has 0 spiro atoms. The molecule has 0 bridgehead atoms. The maximum Gasteiger partial charge on any atom is 0.354 e. The van der Waals surface area contributed by atoms with Gasteiger partial charge in [-0.2, -0.15) is 0 Å². The number of methoxy groups -OCH3 is 1. The molecule has 1 N–H and O–H groups in total. The summed E-state index contributed by atoms with van der Waals surface area (Å²) in [6, 6.07) is 3.69. The van der Waals surface area contributed by atoms with Gasteiger partial charge in [0.2, 0.25) is 0 Å². The highest BCUT2D eigenvalue weighted by Gasteiger charge is 2.45. The second-order valence-electron chi connectivity index (χ2n) is 5.40. The SMILES string of the molecule is COC(=O)C1=C(C)C2C(=O)CC(c3ccco3)CC2N1. The molecule has 0 aromatic carbocycles. The standard InChI is InChI=1S/C15H17NO4/c1-8-13-10(16-14(8)15(18)19-2)6-9(7-11(13)17)12-4-3-5-20-12/h3-5,9-10,13,16H,6-7H2,1-2H3. The van der Waals surface area contributed by atoms with Gasteiger partial charge in [0, 0.05) is 18.4 Å². The first-order valence-corrected chi connectivity index (χ1v) is 6.73. The van der Waals surface area contributed by atoms with Crippen molar-refractivity contribution >= 4 is 11.8 Å². The Bertz CT molecular complexity index is 573. The Morgan fingerprint density at radius 3 is 2.95 bits per heavy atom. The number of ketones is 1. The van der Waals surface area contributed by atoms with Crippen LogP contribution in [0.5, 0.6) is 0 Å². The molecule has 3 atom stereocenters. The highest BCUT2D eigenvalue weighted by atomic mass is 16.5. The van der Waals surface area contributed by atoms with Gasteiger partial charge < -0.3 is 14.5 Å². The van der Waals surface area contributed by atoms with E-state index >= 15 is 0 Å². The van der Waals surface area contributed by atoms with Crippen LogP contribution in [-0.2, 0) is 14.3 Å². The average molecular weight is 275 g/mol. The van der Waals surface area contributed by atoms with Crippen molar-refractivity contribution in [2.45, 2.75) is 31.7 Å². The first-order chi connectivity index (χ1) is 9.61. The number of hydrogen-bond donors (Lipinski definition) is 1. The van der Waals surface area contributed by atoms with Gasteiger partial charge >= 0.3 is 5.97 Å². The van der Waals surface area contributed by atoms with Gasteiger partial charge in [-0.3, -0.25) is 4.79 Å². The fraction of sp³-hybridized carbons (Fsp3) is 0.467. The molecule has 106 valence electrons. The molecule has 1 aliphatic heterocycles. The number of nitrogens with one attached hydrogen (secondary N) is 1. The van der Waals surface area contributed by atoms with Crippen molar-refractivity contribution < 1.29 is 18.7 Å². The van der Waals surface area contributed by atoms with Gasteiger partial charge in [-0.25, -0.2) is 4.79 Å². The van der Waals surface area contributed by atoms with Gasteiger partial charge in [-0.15, -0.1) is 0 Å². The normalized spacial score (nSPS) is 29.1. The van der Waals surface area contributed by atoms with E-state index in [1.807, 2.05) is 19.1 Å². The van der Waals surface area contributed by atoms with Crippen molar-refractivity contribution in [3.05, 3.63) is 35.4 Å². The van der Waals surface area contributed by atoms with E-state index in [0.29, 0.717) is 12.1 Å². The fourth-order valence-electron chi connectivity index (χ4n) is 3.32. The lowest BCUT2D eigenvalue weighted by molar-refractivity contribution is -0.136. The summed E-state index contributed by atoms with van der Waals surface area (Å²) in [6.45, 7) is 1.83. The molecule has 1 saturated carbocycles. The topological polar surface area (TPSA) is 68.5 Å². The van der Waals surface area contributed by atoms with Gasteiger partial charge in [-0.1, -0.05) is 0 Å². The van der Waals surface area contributed by atoms with E-state index in [1.54, 1.807) is 6.26 Å². The van der Waals surface area contributed by atoms with Crippen LogP contribution >= 0.6 is 0 Å². The largest absolute Gasteiger partial charge is 0.469 e. The van der Waals surface area contributed by atoms with Crippen molar-refractivity contribution in [3.63, 3.8) is 0 Å². The minimum Gasteiger partial charge on any atom is -0.469 e. The van der Waals surface area contributed by atoms with Crippen LogP contribution in [0.1, 0.15) is 31.4 Å². The van der Waals surface area contributed by atoms with Gasteiger partial charge in [0.25, 0.3) is 0 Å². The second-order valence-corrected chi connectivity index (χ2v) is 5.40. The third kappa shape index (κ3) is 1.94. The molecular formula is C15H17NO4. The molecular weight excluding hydrogens is 258 g/mol. The molecule has 1 aromatic heterocycles. The number of ether oxygens (including phenoxy) is 1. The molecule has 3 unspecified atom stereocenters. The van der Waals surface area contributed by atoms with E-state index in [-0.39, 0.29) is 23.7 Å². The number of rotatable bonds is 2. The zero-order valence-corrected chi connectivity index (χ0v) is 11.5. The van der Waals surface area contributed by atoms with E-state index in [1.165, 1.54) is 7.11 Å². The number of furan rings is 1. The van der Waals surface area contributed by atoms with Crippen LogP contribution in [0.25, 0.3) is 0 Å². The number of Topliss-reactive ketones (excluding diaryl/α,β-unsaturated/α-hetero) is 1. The molecule has 1 fully saturated rings. The third-order valence-electron chi connectivity index (χ3n) is 4.26. The Hall–Kier alpha value is -2.04. The van der Waals surface area contributed by atoms with Crippen molar-refractivity contribution in [2.24, 2.45) is 5.92 Å². The summed E-state index contributed by atoms with van der Waals surface area (Å²) in [5.41, 5.74) is 1.24. The highest BCUT2D eigenvalue weighted by Crippen LogP contribution is 2.40. The van der Waals surface area contributed by atoms with Crippen molar-refractivity contribution in [2.75, 3.05) is 7.11 Å². The number of carbonyl (C=O) groups excluding carboxylic acids is 2. The number of carbonyl (C=O) groups is 2. The first kappa shape index (κ1) is 13.0. The Balaban J connectivity index is 1.84.